The monoisotopic (exact) mass is 462 g/mol. The van der Waals surface area contributed by atoms with Gasteiger partial charge in [0.25, 0.3) is 16.8 Å². The second-order valence-electron chi connectivity index (χ2n) is 8.19. The summed E-state index contributed by atoms with van der Waals surface area (Å²) in [4.78, 5) is 50.5. The summed E-state index contributed by atoms with van der Waals surface area (Å²) in [6.07, 6.45) is 0.710. The van der Waals surface area contributed by atoms with E-state index in [9.17, 15) is 24.3 Å². The van der Waals surface area contributed by atoms with Crippen molar-refractivity contribution in [3.8, 4) is 0 Å². The topological polar surface area (TPSA) is 128 Å². The van der Waals surface area contributed by atoms with Crippen molar-refractivity contribution in [2.24, 2.45) is 0 Å². The van der Waals surface area contributed by atoms with Gasteiger partial charge in [-0.05, 0) is 30.2 Å². The first-order valence-electron chi connectivity index (χ1n) is 11.2. The average Bonchev–Trinajstić information content (AvgIpc) is 2.88. The van der Waals surface area contributed by atoms with Crippen LogP contribution < -0.4 is 26.8 Å². The van der Waals surface area contributed by atoms with E-state index in [1.165, 1.54) is 4.90 Å². The fourth-order valence-electron chi connectivity index (χ4n) is 4.14. The molecule has 4 N–H and O–H groups in total. The molecule has 0 aromatic heterocycles. The van der Waals surface area contributed by atoms with E-state index in [0.29, 0.717) is 24.2 Å². The van der Waals surface area contributed by atoms with Gasteiger partial charge < -0.3 is 26.0 Å². The third-order valence-electron chi connectivity index (χ3n) is 6.01. The zero-order chi connectivity index (χ0) is 24.2. The minimum Gasteiger partial charge on any atom is -0.480 e. The van der Waals surface area contributed by atoms with Crippen LogP contribution in [0.15, 0.2) is 64.2 Å². The van der Waals surface area contributed by atoms with E-state index in [1.54, 1.807) is 24.3 Å². The Morgan fingerprint density at radius 1 is 1.09 bits per heavy atom. The molecule has 4 rings (SSSR count). The van der Waals surface area contributed by atoms with Crippen LogP contribution in [0.5, 0.6) is 0 Å². The van der Waals surface area contributed by atoms with Crippen LogP contribution in [-0.2, 0) is 4.79 Å². The molecule has 0 bridgehead atoms. The molecule has 0 spiro atoms. The summed E-state index contributed by atoms with van der Waals surface area (Å²) in [7, 11) is 0. The number of nitrogens with zero attached hydrogens (tertiary/aromatic N) is 1. The molecule has 9 heteroatoms. The molecule has 1 saturated heterocycles. The lowest BCUT2D eigenvalue weighted by molar-refractivity contribution is -0.142. The van der Waals surface area contributed by atoms with Crippen molar-refractivity contribution in [1.82, 2.24) is 10.2 Å². The highest BCUT2D eigenvalue weighted by molar-refractivity contribution is 5.98. The van der Waals surface area contributed by atoms with Crippen LogP contribution >= 0.6 is 0 Å². The molecule has 1 fully saturated rings. The molecule has 2 atom stereocenters. The fourth-order valence-corrected chi connectivity index (χ4v) is 4.14. The molecule has 34 heavy (non-hydrogen) atoms. The van der Waals surface area contributed by atoms with Crippen LogP contribution in [0, 0.1) is 0 Å². The molecule has 9 nitrogen and oxygen atoms in total. The Labute approximate surface area is 196 Å². The summed E-state index contributed by atoms with van der Waals surface area (Å²) in [5.74, 6) is -1.48. The number of carboxylic acids is 1. The van der Waals surface area contributed by atoms with Crippen molar-refractivity contribution in [1.29, 1.82) is 0 Å². The Kier molecular flexibility index (Phi) is 6.74. The summed E-state index contributed by atoms with van der Waals surface area (Å²) in [6.45, 7) is 2.94. The first-order valence-corrected chi connectivity index (χ1v) is 11.2. The van der Waals surface area contributed by atoms with Gasteiger partial charge in [-0.15, -0.1) is 0 Å². The number of carbonyl (C=O) groups excluding carboxylic acids is 1. The number of rotatable bonds is 8. The molecule has 1 aliphatic heterocycles. The van der Waals surface area contributed by atoms with Crippen LogP contribution in [-0.4, -0.2) is 47.6 Å². The third kappa shape index (κ3) is 4.55. The van der Waals surface area contributed by atoms with Gasteiger partial charge in [-0.3, -0.25) is 14.4 Å². The van der Waals surface area contributed by atoms with E-state index >= 15 is 0 Å². The molecule has 3 aromatic carbocycles. The highest BCUT2D eigenvalue weighted by atomic mass is 16.4. The van der Waals surface area contributed by atoms with E-state index in [2.05, 4.69) is 16.0 Å². The van der Waals surface area contributed by atoms with E-state index in [1.807, 2.05) is 37.3 Å². The van der Waals surface area contributed by atoms with Gasteiger partial charge in [-0.25, -0.2) is 4.79 Å². The van der Waals surface area contributed by atoms with E-state index in [-0.39, 0.29) is 30.5 Å². The molecule has 0 radical (unpaired) electrons. The maximum Gasteiger partial charge on any atom is 0.327 e. The SMILES string of the molecule is CC[C@@H](Nc1c(Nc2cccc(C(=O)N3CCNCC3C(=O)O)c2)c(=O)c1=O)c1ccccc1. The summed E-state index contributed by atoms with van der Waals surface area (Å²) in [5.41, 5.74) is 0.892. The number of carboxylic acid groups (broad SMARTS) is 1. The Bertz CT molecular complexity index is 1270. The first-order chi connectivity index (χ1) is 16.4. The summed E-state index contributed by atoms with van der Waals surface area (Å²) in [6, 6.07) is 15.0. The predicted octanol–water partition coefficient (Wildman–Crippen LogP) is 2.09. The molecule has 0 saturated carbocycles. The maximum absolute atomic E-state index is 13.0. The number of aliphatic carboxylic acids is 1. The van der Waals surface area contributed by atoms with Crippen molar-refractivity contribution in [2.75, 3.05) is 30.3 Å². The van der Waals surface area contributed by atoms with E-state index in [4.69, 9.17) is 0 Å². The van der Waals surface area contributed by atoms with Gasteiger partial charge in [0, 0.05) is 30.9 Å². The smallest absolute Gasteiger partial charge is 0.327 e. The molecular formula is C25H26N4O5. The van der Waals surface area contributed by atoms with Crippen molar-refractivity contribution in [3.05, 3.63) is 86.2 Å². The first kappa shape index (κ1) is 23.2. The second-order valence-corrected chi connectivity index (χ2v) is 8.19. The molecule has 3 aromatic rings. The normalized spacial score (nSPS) is 16.7. The van der Waals surface area contributed by atoms with Gasteiger partial charge in [0.2, 0.25) is 0 Å². The summed E-state index contributed by atoms with van der Waals surface area (Å²) < 4.78 is 0. The van der Waals surface area contributed by atoms with Crippen molar-refractivity contribution >= 4 is 28.9 Å². The van der Waals surface area contributed by atoms with Crippen LogP contribution in [0.3, 0.4) is 0 Å². The maximum atomic E-state index is 13.0. The zero-order valence-corrected chi connectivity index (χ0v) is 18.7. The molecule has 1 heterocycles. The van der Waals surface area contributed by atoms with Gasteiger partial charge in [-0.1, -0.05) is 43.3 Å². The Balaban J connectivity index is 1.55. The standard InChI is InChI=1S/C25H26N4O5/c1-2-18(15-7-4-3-5-8-15)28-21-20(22(30)23(21)31)27-17-10-6-9-16(13-17)24(32)29-12-11-26-14-19(29)25(33)34/h3-10,13,18-19,26-28H,2,11-12,14H2,1H3,(H,33,34)/t18-,19?/m1/s1. The van der Waals surface area contributed by atoms with Gasteiger partial charge in [-0.2, -0.15) is 0 Å². The van der Waals surface area contributed by atoms with Gasteiger partial charge in [0.15, 0.2) is 0 Å². The molecule has 1 aliphatic rings. The largest absolute Gasteiger partial charge is 0.480 e. The third-order valence-corrected chi connectivity index (χ3v) is 6.01. The average molecular weight is 463 g/mol. The van der Waals surface area contributed by atoms with Crippen LogP contribution in [0.1, 0.15) is 35.3 Å². The number of benzene rings is 2. The molecule has 1 unspecified atom stereocenters. The fraction of sp³-hybridized carbons (Fsp3) is 0.280. The number of anilines is 3. The lowest BCUT2D eigenvalue weighted by Gasteiger charge is -2.33. The Morgan fingerprint density at radius 3 is 2.53 bits per heavy atom. The number of hydrogen-bond donors (Lipinski definition) is 4. The van der Waals surface area contributed by atoms with Gasteiger partial charge in [0.05, 0.1) is 6.04 Å². The number of nitrogens with one attached hydrogen (secondary N) is 3. The molecular weight excluding hydrogens is 436 g/mol. The predicted molar refractivity (Wildman–Crippen MR) is 130 cm³/mol. The minimum atomic E-state index is -1.07. The number of carbonyl (C=O) groups is 2. The van der Waals surface area contributed by atoms with Gasteiger partial charge in [0.1, 0.15) is 17.4 Å². The Morgan fingerprint density at radius 2 is 1.82 bits per heavy atom. The number of amides is 1. The molecule has 176 valence electrons. The van der Waals surface area contributed by atoms with Crippen LogP contribution in [0.4, 0.5) is 17.1 Å². The lowest BCUT2D eigenvalue weighted by Crippen LogP contribution is -2.56. The quantitative estimate of drug-likeness (QED) is 0.375. The molecule has 1 amide bonds. The van der Waals surface area contributed by atoms with E-state index < -0.39 is 28.8 Å². The summed E-state index contributed by atoms with van der Waals surface area (Å²) in [5, 5.41) is 18.6. The highest BCUT2D eigenvalue weighted by Gasteiger charge is 2.32. The zero-order valence-electron chi connectivity index (χ0n) is 18.7. The Hall–Kier alpha value is -3.98. The van der Waals surface area contributed by atoms with Crippen molar-refractivity contribution < 1.29 is 14.7 Å². The van der Waals surface area contributed by atoms with Crippen molar-refractivity contribution in [3.63, 3.8) is 0 Å². The van der Waals surface area contributed by atoms with Crippen LogP contribution in [0.2, 0.25) is 0 Å². The number of hydrogen-bond acceptors (Lipinski definition) is 7. The lowest BCUT2D eigenvalue weighted by atomic mass is 10.0. The second kappa shape index (κ2) is 9.88. The number of piperazine rings is 1. The van der Waals surface area contributed by atoms with E-state index in [0.717, 1.165) is 5.56 Å². The minimum absolute atomic E-state index is 0.140. The molecule has 0 aliphatic carbocycles. The van der Waals surface area contributed by atoms with Crippen molar-refractivity contribution in [2.45, 2.75) is 25.4 Å². The van der Waals surface area contributed by atoms with Crippen LogP contribution in [0.25, 0.3) is 0 Å². The summed E-state index contributed by atoms with van der Waals surface area (Å²) >= 11 is 0. The highest BCUT2D eigenvalue weighted by Crippen LogP contribution is 2.27. The van der Waals surface area contributed by atoms with Gasteiger partial charge >= 0.3 is 5.97 Å².